The van der Waals surface area contributed by atoms with Crippen LogP contribution in [0.1, 0.15) is 11.1 Å². The van der Waals surface area contributed by atoms with Crippen LogP contribution in [0.25, 0.3) is 17.3 Å². The van der Waals surface area contributed by atoms with Gasteiger partial charge in [-0.3, -0.25) is 14.9 Å². The Bertz CT molecular complexity index is 1060. The molecule has 0 saturated carbocycles. The van der Waals surface area contributed by atoms with Gasteiger partial charge in [0.05, 0.1) is 11.4 Å². The van der Waals surface area contributed by atoms with Gasteiger partial charge in [0, 0.05) is 22.4 Å². The number of benzene rings is 2. The maximum Gasteiger partial charge on any atom is 0.275 e. The van der Waals surface area contributed by atoms with Crippen molar-refractivity contribution >= 4 is 35.2 Å². The van der Waals surface area contributed by atoms with E-state index in [0.717, 1.165) is 16.8 Å². The van der Waals surface area contributed by atoms with Gasteiger partial charge in [0.2, 0.25) is 5.88 Å². The molecule has 0 unspecified atom stereocenters. The molecule has 2 aromatic carbocycles. The Balaban J connectivity index is 1.83. The highest BCUT2D eigenvalue weighted by Crippen LogP contribution is 2.33. The van der Waals surface area contributed by atoms with Crippen molar-refractivity contribution in [2.75, 3.05) is 0 Å². The van der Waals surface area contributed by atoms with Gasteiger partial charge in [0.25, 0.3) is 5.56 Å². The van der Waals surface area contributed by atoms with Crippen molar-refractivity contribution in [3.63, 3.8) is 0 Å². The molecule has 2 N–H and O–H groups in total. The summed E-state index contributed by atoms with van der Waals surface area (Å²) in [6.45, 7) is 0. The third-order valence-corrected chi connectivity index (χ3v) is 4.07. The Morgan fingerprint density at radius 3 is 2.83 bits per heavy atom. The molecule has 0 amide bonds. The highest BCUT2D eigenvalue weighted by molar-refractivity contribution is 6.30. The molecule has 0 bridgehead atoms. The number of aliphatic imine (C=N–C) groups is 1. The molecule has 0 atom stereocenters. The Morgan fingerprint density at radius 2 is 2.00 bits per heavy atom. The molecular weight excluding hydrogens is 326 g/mol. The molecule has 0 spiro atoms. The Kier molecular flexibility index (Phi) is 3.36. The van der Waals surface area contributed by atoms with E-state index in [9.17, 15) is 9.90 Å². The number of fused-ring (bicyclic) bond motifs is 1. The molecule has 0 saturated heterocycles. The van der Waals surface area contributed by atoms with Crippen LogP contribution in [-0.2, 0) is 0 Å². The maximum absolute atomic E-state index is 12.3. The van der Waals surface area contributed by atoms with Crippen LogP contribution in [-0.4, -0.2) is 21.1 Å². The quantitative estimate of drug-likeness (QED) is 0.747. The molecule has 24 heavy (non-hydrogen) atoms. The second-order valence-electron chi connectivity index (χ2n) is 5.37. The monoisotopic (exact) mass is 337 g/mol. The summed E-state index contributed by atoms with van der Waals surface area (Å²) in [7, 11) is 0. The second kappa shape index (κ2) is 5.54. The fraction of sp³-hybridized carbons (Fsp3) is 0. The Labute approximate surface area is 142 Å². The number of nitrogens with one attached hydrogen (secondary N) is 1. The van der Waals surface area contributed by atoms with Crippen LogP contribution in [0.15, 0.2) is 58.3 Å². The van der Waals surface area contributed by atoms with Crippen molar-refractivity contribution in [3.8, 4) is 11.6 Å². The van der Waals surface area contributed by atoms with Crippen molar-refractivity contribution in [1.82, 2.24) is 9.78 Å². The molecule has 2 heterocycles. The smallest absolute Gasteiger partial charge is 0.275 e. The predicted octanol–water partition coefficient (Wildman–Crippen LogP) is 3.78. The zero-order valence-corrected chi connectivity index (χ0v) is 13.2. The molecule has 0 radical (unpaired) electrons. The minimum Gasteiger partial charge on any atom is -0.493 e. The zero-order valence-electron chi connectivity index (χ0n) is 12.4. The molecule has 5 nitrogen and oxygen atoms in total. The number of para-hydroxylation sites is 1. The molecule has 118 valence electrons. The summed E-state index contributed by atoms with van der Waals surface area (Å²) < 4.78 is 1.30. The van der Waals surface area contributed by atoms with Crippen LogP contribution in [0, 0.1) is 0 Å². The first-order valence-corrected chi connectivity index (χ1v) is 7.66. The lowest BCUT2D eigenvalue weighted by Crippen LogP contribution is -2.05. The number of aromatic hydroxyl groups is 1. The van der Waals surface area contributed by atoms with E-state index in [4.69, 9.17) is 11.6 Å². The molecule has 1 aliphatic heterocycles. The number of hydrogen-bond acceptors (Lipinski definition) is 3. The highest BCUT2D eigenvalue weighted by atomic mass is 35.5. The third kappa shape index (κ3) is 2.35. The van der Waals surface area contributed by atoms with Gasteiger partial charge in [-0.05, 0) is 30.3 Å². The minimum absolute atomic E-state index is 0.174. The average molecular weight is 338 g/mol. The van der Waals surface area contributed by atoms with Crippen molar-refractivity contribution in [2.45, 2.75) is 0 Å². The van der Waals surface area contributed by atoms with Crippen molar-refractivity contribution in [1.29, 1.82) is 0 Å². The van der Waals surface area contributed by atoms with Gasteiger partial charge in [-0.15, -0.1) is 0 Å². The molecule has 4 rings (SSSR count). The molecule has 6 heteroatoms. The summed E-state index contributed by atoms with van der Waals surface area (Å²) in [6, 6.07) is 14.5. The number of hydrogen-bond donors (Lipinski definition) is 2. The van der Waals surface area contributed by atoms with E-state index >= 15 is 0 Å². The molecule has 1 aliphatic rings. The number of aromatic amines is 1. The first-order valence-electron chi connectivity index (χ1n) is 7.28. The number of aromatic nitrogens is 2. The first kappa shape index (κ1) is 14.5. The highest BCUT2D eigenvalue weighted by Gasteiger charge is 2.17. The molecule has 0 fully saturated rings. The molecule has 1 aromatic heterocycles. The number of H-pyrrole nitrogens is 1. The van der Waals surface area contributed by atoms with E-state index in [1.807, 2.05) is 24.3 Å². The fourth-order valence-electron chi connectivity index (χ4n) is 2.68. The molecular formula is C18H12ClN3O2. The van der Waals surface area contributed by atoms with Gasteiger partial charge in [-0.25, -0.2) is 4.68 Å². The summed E-state index contributed by atoms with van der Waals surface area (Å²) in [5.74, 6) is -0.174. The minimum atomic E-state index is -0.391. The third-order valence-electron chi connectivity index (χ3n) is 3.83. The summed E-state index contributed by atoms with van der Waals surface area (Å²) in [5.41, 5.74) is 2.89. The van der Waals surface area contributed by atoms with E-state index in [1.165, 1.54) is 4.68 Å². The predicted molar refractivity (Wildman–Crippen MR) is 95.5 cm³/mol. The van der Waals surface area contributed by atoms with Crippen LogP contribution in [0.2, 0.25) is 5.02 Å². The van der Waals surface area contributed by atoms with Crippen molar-refractivity contribution in [3.05, 3.63) is 75.0 Å². The number of halogens is 1. The van der Waals surface area contributed by atoms with Gasteiger partial charge in [-0.2, -0.15) is 0 Å². The van der Waals surface area contributed by atoms with Crippen LogP contribution >= 0.6 is 11.6 Å². The van der Waals surface area contributed by atoms with Gasteiger partial charge in [0.1, 0.15) is 5.56 Å². The van der Waals surface area contributed by atoms with E-state index in [-0.39, 0.29) is 11.4 Å². The standard InChI is InChI=1S/C18H12ClN3O2/c19-12-4-3-5-13(9-12)22-18(24)15(17(23)21-22)8-11-10-20-16-7-2-1-6-14(11)16/h1-10,24H,(H,21,23)/b11-8+. The van der Waals surface area contributed by atoms with Crippen LogP contribution < -0.4 is 5.56 Å². The zero-order chi connectivity index (χ0) is 16.7. The molecule has 0 aliphatic carbocycles. The summed E-state index contributed by atoms with van der Waals surface area (Å²) in [6.07, 6.45) is 3.31. The van der Waals surface area contributed by atoms with E-state index in [1.54, 1.807) is 36.6 Å². The Hall–Kier alpha value is -3.05. The summed E-state index contributed by atoms with van der Waals surface area (Å²) >= 11 is 5.97. The number of nitrogens with zero attached hydrogens (tertiary/aromatic N) is 2. The summed E-state index contributed by atoms with van der Waals surface area (Å²) in [5, 5.41) is 13.6. The fourth-order valence-corrected chi connectivity index (χ4v) is 2.86. The van der Waals surface area contributed by atoms with Crippen LogP contribution in [0.5, 0.6) is 5.88 Å². The van der Waals surface area contributed by atoms with Crippen LogP contribution in [0.4, 0.5) is 5.69 Å². The van der Waals surface area contributed by atoms with Gasteiger partial charge >= 0.3 is 0 Å². The van der Waals surface area contributed by atoms with Gasteiger partial charge < -0.3 is 5.11 Å². The van der Waals surface area contributed by atoms with E-state index in [2.05, 4.69) is 10.1 Å². The first-order chi connectivity index (χ1) is 11.6. The summed E-state index contributed by atoms with van der Waals surface area (Å²) in [4.78, 5) is 16.6. The number of rotatable bonds is 2. The van der Waals surface area contributed by atoms with E-state index < -0.39 is 5.56 Å². The average Bonchev–Trinajstić information content (AvgIpc) is 3.11. The van der Waals surface area contributed by atoms with Crippen LogP contribution in [0.3, 0.4) is 0 Å². The maximum atomic E-state index is 12.3. The van der Waals surface area contributed by atoms with E-state index in [0.29, 0.717) is 10.7 Å². The normalized spacial score (nSPS) is 14.3. The second-order valence-corrected chi connectivity index (χ2v) is 5.80. The van der Waals surface area contributed by atoms with Gasteiger partial charge in [-0.1, -0.05) is 35.9 Å². The lowest BCUT2D eigenvalue weighted by atomic mass is 10.1. The Morgan fingerprint density at radius 1 is 1.17 bits per heavy atom. The topological polar surface area (TPSA) is 70.4 Å². The largest absolute Gasteiger partial charge is 0.493 e. The lowest BCUT2D eigenvalue weighted by Gasteiger charge is -2.04. The lowest BCUT2D eigenvalue weighted by molar-refractivity contribution is 0.432. The van der Waals surface area contributed by atoms with Crippen molar-refractivity contribution < 1.29 is 5.11 Å². The molecule has 3 aromatic rings. The number of allylic oxidation sites excluding steroid dienone is 1. The van der Waals surface area contributed by atoms with Crippen molar-refractivity contribution in [2.24, 2.45) is 4.99 Å². The van der Waals surface area contributed by atoms with Gasteiger partial charge in [0.15, 0.2) is 0 Å². The SMILES string of the molecule is O=c1[nH]n(-c2cccc(Cl)c2)c(O)c1/C=C1\C=Nc2ccccc21.